The van der Waals surface area contributed by atoms with Crippen LogP contribution in [0.25, 0.3) is 11.4 Å². The zero-order chi connectivity index (χ0) is 16.1. The molecule has 0 saturated carbocycles. The minimum absolute atomic E-state index is 0.138. The molecule has 0 bridgehead atoms. The van der Waals surface area contributed by atoms with Gasteiger partial charge in [0, 0.05) is 23.3 Å². The third-order valence-corrected chi connectivity index (χ3v) is 3.28. The van der Waals surface area contributed by atoms with Crippen LogP contribution in [0.2, 0.25) is 5.02 Å². The van der Waals surface area contributed by atoms with Gasteiger partial charge >= 0.3 is 0 Å². The molecule has 0 amide bonds. The Kier molecular flexibility index (Phi) is 5.65. The van der Waals surface area contributed by atoms with Crippen molar-refractivity contribution in [2.75, 3.05) is 18.5 Å². The van der Waals surface area contributed by atoms with Crippen LogP contribution >= 0.6 is 11.6 Å². The van der Waals surface area contributed by atoms with Gasteiger partial charge in [-0.15, -0.1) is 0 Å². The Morgan fingerprint density at radius 1 is 1.32 bits per heavy atom. The first-order valence-corrected chi connectivity index (χ1v) is 7.27. The first-order valence-electron chi connectivity index (χ1n) is 6.89. The highest BCUT2D eigenvalue weighted by Gasteiger charge is 2.12. The van der Waals surface area contributed by atoms with Crippen LogP contribution in [-0.4, -0.2) is 39.4 Å². The van der Waals surface area contributed by atoms with Crippen LogP contribution in [0, 0.1) is 5.82 Å². The fourth-order valence-electron chi connectivity index (χ4n) is 1.85. The van der Waals surface area contributed by atoms with E-state index in [1.165, 1.54) is 12.1 Å². The number of nitrogens with zero attached hydrogens (tertiary/aromatic N) is 2. The summed E-state index contributed by atoms with van der Waals surface area (Å²) in [7, 11) is 0. The van der Waals surface area contributed by atoms with Gasteiger partial charge in [-0.05, 0) is 24.6 Å². The monoisotopic (exact) mass is 325 g/mol. The molecule has 22 heavy (non-hydrogen) atoms. The van der Waals surface area contributed by atoms with Crippen molar-refractivity contribution in [2.24, 2.45) is 0 Å². The smallest absolute Gasteiger partial charge is 0.164 e. The number of halogens is 2. The second-order valence-electron chi connectivity index (χ2n) is 4.76. The lowest BCUT2D eigenvalue weighted by Gasteiger charge is -2.12. The van der Waals surface area contributed by atoms with Gasteiger partial charge < -0.3 is 15.5 Å². The van der Waals surface area contributed by atoms with E-state index in [0.29, 0.717) is 17.3 Å². The van der Waals surface area contributed by atoms with Crippen molar-refractivity contribution in [1.29, 1.82) is 0 Å². The van der Waals surface area contributed by atoms with Crippen LogP contribution in [0.5, 0.6) is 0 Å². The van der Waals surface area contributed by atoms with E-state index in [1.807, 2.05) is 6.92 Å². The average molecular weight is 326 g/mol. The molecule has 3 N–H and O–H groups in total. The molecule has 0 aliphatic heterocycles. The van der Waals surface area contributed by atoms with Gasteiger partial charge in [-0.1, -0.05) is 18.5 Å². The predicted molar refractivity (Wildman–Crippen MR) is 83.4 cm³/mol. The van der Waals surface area contributed by atoms with Gasteiger partial charge in [-0.25, -0.2) is 14.4 Å². The molecule has 0 aliphatic carbocycles. The van der Waals surface area contributed by atoms with Gasteiger partial charge in [0.25, 0.3) is 0 Å². The Hall–Kier alpha value is -1.76. The number of anilines is 1. The molecule has 1 aromatic carbocycles. The van der Waals surface area contributed by atoms with Crippen molar-refractivity contribution in [1.82, 2.24) is 9.97 Å². The van der Waals surface area contributed by atoms with Gasteiger partial charge in [0.2, 0.25) is 0 Å². The molecule has 7 heteroatoms. The van der Waals surface area contributed by atoms with Crippen molar-refractivity contribution in [2.45, 2.75) is 19.4 Å². The number of nitrogens with one attached hydrogen (secondary N) is 1. The maximum Gasteiger partial charge on any atom is 0.164 e. The fraction of sp³-hybridized carbons (Fsp3) is 0.333. The molecule has 1 aromatic heterocycles. The summed E-state index contributed by atoms with van der Waals surface area (Å²) in [5.41, 5.74) is 0.991. The molecule has 0 saturated heterocycles. The van der Waals surface area contributed by atoms with Crippen molar-refractivity contribution in [3.8, 4) is 11.4 Å². The Balaban J connectivity index is 2.34. The summed E-state index contributed by atoms with van der Waals surface area (Å²) < 4.78 is 14.0. The van der Waals surface area contributed by atoms with E-state index < -0.39 is 11.9 Å². The molecule has 2 rings (SSSR count). The second kappa shape index (κ2) is 7.49. The largest absolute Gasteiger partial charge is 0.394 e. The van der Waals surface area contributed by atoms with Crippen LogP contribution in [0.1, 0.15) is 12.6 Å². The number of aliphatic hydroxyl groups is 2. The summed E-state index contributed by atoms with van der Waals surface area (Å²) in [5, 5.41) is 21.4. The lowest BCUT2D eigenvalue weighted by molar-refractivity contribution is 0.105. The van der Waals surface area contributed by atoms with E-state index in [4.69, 9.17) is 16.7 Å². The standard InChI is InChI=1S/C15H17ClFN3O2/c1-2-10-6-14(18-7-11(22)8-21)20-15(19-10)12-4-3-9(16)5-13(12)17/h3-6,11,21-22H,2,7-8H2,1H3,(H,18,19,20). The molecular formula is C15H17ClFN3O2. The minimum Gasteiger partial charge on any atom is -0.394 e. The minimum atomic E-state index is -0.893. The summed E-state index contributed by atoms with van der Waals surface area (Å²) in [4.78, 5) is 8.56. The third kappa shape index (κ3) is 4.13. The van der Waals surface area contributed by atoms with Crippen molar-refractivity contribution < 1.29 is 14.6 Å². The van der Waals surface area contributed by atoms with Crippen LogP contribution in [0.3, 0.4) is 0 Å². The average Bonchev–Trinajstić information content (AvgIpc) is 2.52. The zero-order valence-electron chi connectivity index (χ0n) is 12.1. The number of hydrogen-bond donors (Lipinski definition) is 3. The molecule has 1 unspecified atom stereocenters. The number of hydrogen-bond acceptors (Lipinski definition) is 5. The molecule has 118 valence electrons. The summed E-state index contributed by atoms with van der Waals surface area (Å²) in [5.74, 6) is 0.209. The van der Waals surface area contributed by atoms with Gasteiger partial charge in [0.1, 0.15) is 11.6 Å². The molecule has 0 radical (unpaired) electrons. The van der Waals surface area contributed by atoms with Crippen molar-refractivity contribution >= 4 is 17.4 Å². The highest BCUT2D eigenvalue weighted by atomic mass is 35.5. The fourth-order valence-corrected chi connectivity index (χ4v) is 2.01. The number of aromatic nitrogens is 2. The molecule has 0 fully saturated rings. The molecular weight excluding hydrogens is 309 g/mol. The first-order chi connectivity index (χ1) is 10.5. The molecule has 0 spiro atoms. The van der Waals surface area contributed by atoms with Crippen molar-refractivity contribution in [3.63, 3.8) is 0 Å². The summed E-state index contributed by atoms with van der Waals surface area (Å²) in [6, 6.07) is 6.03. The van der Waals surface area contributed by atoms with E-state index >= 15 is 0 Å². The molecule has 5 nitrogen and oxygen atoms in total. The van der Waals surface area contributed by atoms with Crippen LogP contribution < -0.4 is 5.32 Å². The predicted octanol–water partition coefficient (Wildman–Crippen LogP) is 2.26. The Labute approximate surface area is 132 Å². The maximum atomic E-state index is 14.0. The topological polar surface area (TPSA) is 78.3 Å². The lowest BCUT2D eigenvalue weighted by Crippen LogP contribution is -2.23. The number of aryl methyl sites for hydroxylation is 1. The number of rotatable bonds is 6. The molecule has 2 aromatic rings. The quantitative estimate of drug-likeness (QED) is 0.759. The normalized spacial score (nSPS) is 12.2. The number of benzene rings is 1. The SMILES string of the molecule is CCc1cc(NCC(O)CO)nc(-c2ccc(Cl)cc2F)n1. The zero-order valence-corrected chi connectivity index (χ0v) is 12.8. The number of aliphatic hydroxyl groups excluding tert-OH is 2. The summed E-state index contributed by atoms with van der Waals surface area (Å²) >= 11 is 5.75. The second-order valence-corrected chi connectivity index (χ2v) is 5.20. The van der Waals surface area contributed by atoms with Gasteiger partial charge in [-0.3, -0.25) is 0 Å². The van der Waals surface area contributed by atoms with E-state index in [2.05, 4.69) is 15.3 Å². The Bertz CT molecular complexity index is 655. The molecule has 0 aliphatic rings. The van der Waals surface area contributed by atoms with Gasteiger partial charge in [0.05, 0.1) is 18.3 Å². The van der Waals surface area contributed by atoms with E-state index in [0.717, 1.165) is 5.69 Å². The highest BCUT2D eigenvalue weighted by molar-refractivity contribution is 6.30. The third-order valence-electron chi connectivity index (χ3n) is 3.04. The molecule has 1 heterocycles. The van der Waals surface area contributed by atoms with E-state index in [-0.39, 0.29) is 24.5 Å². The van der Waals surface area contributed by atoms with Crippen molar-refractivity contribution in [3.05, 3.63) is 40.8 Å². The summed E-state index contributed by atoms with van der Waals surface area (Å²) in [6.45, 7) is 1.72. The van der Waals surface area contributed by atoms with E-state index in [9.17, 15) is 9.50 Å². The highest BCUT2D eigenvalue weighted by Crippen LogP contribution is 2.24. The Morgan fingerprint density at radius 3 is 2.73 bits per heavy atom. The van der Waals surface area contributed by atoms with Crippen LogP contribution in [0.15, 0.2) is 24.3 Å². The van der Waals surface area contributed by atoms with Gasteiger partial charge in [0.15, 0.2) is 5.82 Å². The Morgan fingerprint density at radius 2 is 2.09 bits per heavy atom. The van der Waals surface area contributed by atoms with Crippen LogP contribution in [0.4, 0.5) is 10.2 Å². The summed E-state index contributed by atoms with van der Waals surface area (Å²) in [6.07, 6.45) is -0.238. The molecule has 1 atom stereocenters. The van der Waals surface area contributed by atoms with Gasteiger partial charge in [-0.2, -0.15) is 0 Å². The van der Waals surface area contributed by atoms with E-state index in [1.54, 1.807) is 12.1 Å². The first kappa shape index (κ1) is 16.6. The maximum absolute atomic E-state index is 14.0. The lowest BCUT2D eigenvalue weighted by atomic mass is 10.2. The van der Waals surface area contributed by atoms with Crippen LogP contribution in [-0.2, 0) is 6.42 Å².